The number of halogens is 1. The molecule has 0 radical (unpaired) electrons. The molecule has 0 aliphatic heterocycles. The summed E-state index contributed by atoms with van der Waals surface area (Å²) >= 11 is 5.80. The Balaban J connectivity index is 1.88. The predicted molar refractivity (Wildman–Crippen MR) is 68.7 cm³/mol. The molecule has 1 aromatic rings. The molecule has 5 heteroatoms. The quantitative estimate of drug-likeness (QED) is 0.761. The Morgan fingerprint density at radius 3 is 3.00 bits per heavy atom. The highest BCUT2D eigenvalue weighted by atomic mass is 35.5. The molecule has 17 heavy (non-hydrogen) atoms. The smallest absolute Gasteiger partial charge is 0.225 e. The van der Waals surface area contributed by atoms with E-state index in [1.165, 1.54) is 12.8 Å². The number of aromatic nitrogens is 2. The molecule has 94 valence electrons. The van der Waals surface area contributed by atoms with Crippen LogP contribution in [0.15, 0.2) is 12.3 Å². The van der Waals surface area contributed by atoms with Crippen molar-refractivity contribution in [1.82, 2.24) is 9.97 Å². The molecule has 1 aliphatic rings. The summed E-state index contributed by atoms with van der Waals surface area (Å²) in [5.74, 6) is 1.98. The lowest BCUT2D eigenvalue weighted by molar-refractivity contribution is 0.326. The molecule has 2 rings (SSSR count). The fraction of sp³-hybridized carbons (Fsp3) is 0.667. The molecule has 0 amide bonds. The third kappa shape index (κ3) is 3.46. The summed E-state index contributed by atoms with van der Waals surface area (Å²) in [6, 6.07) is 1.76. The molecule has 0 atom stereocenters. The number of nitrogens with zero attached hydrogens (tertiary/aromatic N) is 2. The Morgan fingerprint density at radius 2 is 2.35 bits per heavy atom. The molecule has 1 saturated carbocycles. The normalized spacial score (nSPS) is 16.6. The largest absolute Gasteiger partial charge is 0.478 e. The zero-order valence-corrected chi connectivity index (χ0v) is 10.8. The van der Waals surface area contributed by atoms with Crippen LogP contribution in [0.3, 0.4) is 0 Å². The number of hydrogen-bond donors (Lipinski definition) is 1. The average molecular weight is 256 g/mol. The van der Waals surface area contributed by atoms with Gasteiger partial charge < -0.3 is 10.1 Å². The van der Waals surface area contributed by atoms with Gasteiger partial charge in [-0.05, 0) is 31.6 Å². The molecule has 1 N–H and O–H groups in total. The predicted octanol–water partition coefficient (Wildman–Crippen LogP) is 2.70. The zero-order valence-electron chi connectivity index (χ0n) is 10.1. The van der Waals surface area contributed by atoms with E-state index in [1.807, 2.05) is 6.92 Å². The molecule has 1 aromatic heterocycles. The van der Waals surface area contributed by atoms with E-state index < -0.39 is 0 Å². The second kappa shape index (κ2) is 5.54. The summed E-state index contributed by atoms with van der Waals surface area (Å²) in [6.07, 6.45) is 5.27. The number of anilines is 1. The van der Waals surface area contributed by atoms with E-state index in [0.29, 0.717) is 23.9 Å². The number of hydrogen-bond acceptors (Lipinski definition) is 4. The Labute approximate surface area is 107 Å². The van der Waals surface area contributed by atoms with Crippen LogP contribution in [0.25, 0.3) is 0 Å². The standard InChI is InChI=1S/C12H18ClN3O/c1-2-17-10-3-8-14-11(16-10)15-9-12(4-5-12)6-7-13/h3,8H,2,4-7,9H2,1H3,(H,14,15,16). The lowest BCUT2D eigenvalue weighted by Gasteiger charge is -2.14. The van der Waals surface area contributed by atoms with Gasteiger partial charge in [0.1, 0.15) is 0 Å². The van der Waals surface area contributed by atoms with E-state index in [1.54, 1.807) is 12.3 Å². The van der Waals surface area contributed by atoms with Crippen molar-refractivity contribution in [3.8, 4) is 5.88 Å². The van der Waals surface area contributed by atoms with Gasteiger partial charge in [-0.3, -0.25) is 0 Å². The summed E-state index contributed by atoms with van der Waals surface area (Å²) in [5.41, 5.74) is 0.382. The maximum absolute atomic E-state index is 5.80. The molecule has 0 saturated heterocycles. The van der Waals surface area contributed by atoms with Gasteiger partial charge in [0, 0.05) is 24.7 Å². The van der Waals surface area contributed by atoms with Crippen molar-refractivity contribution in [1.29, 1.82) is 0 Å². The van der Waals surface area contributed by atoms with Gasteiger partial charge in [-0.25, -0.2) is 4.98 Å². The summed E-state index contributed by atoms with van der Waals surface area (Å²) in [7, 11) is 0. The van der Waals surface area contributed by atoms with E-state index in [-0.39, 0.29) is 0 Å². The van der Waals surface area contributed by atoms with Crippen LogP contribution in [0.1, 0.15) is 26.2 Å². The molecule has 0 unspecified atom stereocenters. The second-order valence-electron chi connectivity index (χ2n) is 4.44. The van der Waals surface area contributed by atoms with Crippen LogP contribution in [0.2, 0.25) is 0 Å². The van der Waals surface area contributed by atoms with Gasteiger partial charge in [-0.15, -0.1) is 11.6 Å². The van der Waals surface area contributed by atoms with Crippen LogP contribution in [0, 0.1) is 5.41 Å². The summed E-state index contributed by atoms with van der Waals surface area (Å²) < 4.78 is 5.33. The third-order valence-electron chi connectivity index (χ3n) is 3.13. The van der Waals surface area contributed by atoms with E-state index in [2.05, 4.69) is 15.3 Å². The van der Waals surface area contributed by atoms with Gasteiger partial charge in [0.15, 0.2) is 0 Å². The van der Waals surface area contributed by atoms with Crippen LogP contribution in [-0.2, 0) is 0 Å². The summed E-state index contributed by atoms with van der Waals surface area (Å²) in [6.45, 7) is 3.46. The second-order valence-corrected chi connectivity index (χ2v) is 4.82. The van der Waals surface area contributed by atoms with E-state index in [9.17, 15) is 0 Å². The fourth-order valence-electron chi connectivity index (χ4n) is 1.81. The summed E-state index contributed by atoms with van der Waals surface area (Å²) in [4.78, 5) is 8.45. The molecule has 0 aromatic carbocycles. The maximum atomic E-state index is 5.80. The lowest BCUT2D eigenvalue weighted by Crippen LogP contribution is -2.17. The fourth-order valence-corrected chi connectivity index (χ4v) is 2.22. The Morgan fingerprint density at radius 1 is 1.53 bits per heavy atom. The van der Waals surface area contributed by atoms with Crippen molar-refractivity contribution in [2.45, 2.75) is 26.2 Å². The highest BCUT2D eigenvalue weighted by molar-refractivity contribution is 6.17. The van der Waals surface area contributed by atoms with Crippen molar-refractivity contribution in [2.75, 3.05) is 24.3 Å². The lowest BCUT2D eigenvalue weighted by atomic mass is 10.0. The first-order valence-corrected chi connectivity index (χ1v) is 6.57. The molecule has 4 nitrogen and oxygen atoms in total. The minimum Gasteiger partial charge on any atom is -0.478 e. The molecule has 1 aliphatic carbocycles. The Hall–Kier alpha value is -1.03. The number of ether oxygens (including phenoxy) is 1. The third-order valence-corrected chi connectivity index (χ3v) is 3.31. The van der Waals surface area contributed by atoms with E-state index in [0.717, 1.165) is 18.8 Å². The van der Waals surface area contributed by atoms with E-state index in [4.69, 9.17) is 16.3 Å². The van der Waals surface area contributed by atoms with Crippen LogP contribution in [0.4, 0.5) is 5.95 Å². The SMILES string of the molecule is CCOc1ccnc(NCC2(CCCl)CC2)n1. The average Bonchev–Trinajstić information content (AvgIpc) is 3.09. The monoisotopic (exact) mass is 255 g/mol. The van der Waals surface area contributed by atoms with Crippen molar-refractivity contribution in [2.24, 2.45) is 5.41 Å². The van der Waals surface area contributed by atoms with Crippen molar-refractivity contribution < 1.29 is 4.74 Å². The van der Waals surface area contributed by atoms with Crippen molar-refractivity contribution in [3.05, 3.63) is 12.3 Å². The van der Waals surface area contributed by atoms with Crippen LogP contribution in [0.5, 0.6) is 5.88 Å². The number of alkyl halides is 1. The van der Waals surface area contributed by atoms with E-state index >= 15 is 0 Å². The molecule has 0 spiro atoms. The van der Waals surface area contributed by atoms with Gasteiger partial charge in [0.25, 0.3) is 0 Å². The van der Waals surface area contributed by atoms with Crippen LogP contribution >= 0.6 is 11.6 Å². The molecular weight excluding hydrogens is 238 g/mol. The first-order chi connectivity index (χ1) is 8.28. The van der Waals surface area contributed by atoms with Crippen LogP contribution < -0.4 is 10.1 Å². The number of rotatable bonds is 7. The maximum Gasteiger partial charge on any atom is 0.225 e. The zero-order chi connectivity index (χ0) is 12.1. The van der Waals surface area contributed by atoms with Gasteiger partial charge in [-0.2, -0.15) is 4.98 Å². The van der Waals surface area contributed by atoms with Crippen LogP contribution in [-0.4, -0.2) is 29.0 Å². The minimum absolute atomic E-state index is 0.382. The van der Waals surface area contributed by atoms with Gasteiger partial charge in [-0.1, -0.05) is 0 Å². The van der Waals surface area contributed by atoms with Gasteiger partial charge in [0.2, 0.25) is 11.8 Å². The number of nitrogens with one attached hydrogen (secondary N) is 1. The molecule has 0 bridgehead atoms. The molecular formula is C12H18ClN3O. The topological polar surface area (TPSA) is 47.0 Å². The van der Waals surface area contributed by atoms with Gasteiger partial charge in [0.05, 0.1) is 6.61 Å². The highest BCUT2D eigenvalue weighted by Crippen LogP contribution is 2.48. The highest BCUT2D eigenvalue weighted by Gasteiger charge is 2.41. The van der Waals surface area contributed by atoms with Crippen molar-refractivity contribution >= 4 is 17.5 Å². The minimum atomic E-state index is 0.382. The van der Waals surface area contributed by atoms with Gasteiger partial charge >= 0.3 is 0 Å². The molecule has 1 heterocycles. The first kappa shape index (κ1) is 12.4. The summed E-state index contributed by atoms with van der Waals surface area (Å²) in [5, 5.41) is 3.27. The first-order valence-electron chi connectivity index (χ1n) is 6.04. The Kier molecular flexibility index (Phi) is 4.05. The van der Waals surface area contributed by atoms with Crippen molar-refractivity contribution in [3.63, 3.8) is 0 Å². The Bertz CT molecular complexity index is 369. The molecule has 1 fully saturated rings.